The Labute approximate surface area is 123 Å². The standard InChI is InChI=1S/C17H29FN2/c1-7-17(5,12-19-16(2,3)4)13-20(6)15-11-9-8-10-14(15)18/h8-11,19H,7,12-13H2,1-6H3. The molecule has 2 nitrogen and oxygen atoms in total. The molecule has 0 amide bonds. The molecule has 0 saturated carbocycles. The van der Waals surface area contributed by atoms with Crippen molar-refractivity contribution in [2.24, 2.45) is 5.41 Å². The average Bonchev–Trinajstić information content (AvgIpc) is 2.36. The van der Waals surface area contributed by atoms with Gasteiger partial charge in [-0.15, -0.1) is 0 Å². The van der Waals surface area contributed by atoms with E-state index in [1.54, 1.807) is 6.07 Å². The fourth-order valence-corrected chi connectivity index (χ4v) is 2.19. The lowest BCUT2D eigenvalue weighted by atomic mass is 9.85. The van der Waals surface area contributed by atoms with Gasteiger partial charge in [0.1, 0.15) is 5.82 Å². The summed E-state index contributed by atoms with van der Waals surface area (Å²) in [4.78, 5) is 2.02. The Morgan fingerprint density at radius 2 is 1.75 bits per heavy atom. The Morgan fingerprint density at radius 1 is 1.15 bits per heavy atom. The molecule has 0 aromatic heterocycles. The lowest BCUT2D eigenvalue weighted by molar-refractivity contribution is 0.262. The van der Waals surface area contributed by atoms with Gasteiger partial charge in [-0.3, -0.25) is 0 Å². The fourth-order valence-electron chi connectivity index (χ4n) is 2.19. The molecule has 1 rings (SSSR count). The van der Waals surface area contributed by atoms with Gasteiger partial charge in [0, 0.05) is 25.7 Å². The highest BCUT2D eigenvalue weighted by Crippen LogP contribution is 2.26. The topological polar surface area (TPSA) is 15.3 Å². The van der Waals surface area contributed by atoms with Gasteiger partial charge in [-0.2, -0.15) is 0 Å². The molecule has 0 heterocycles. The first kappa shape index (κ1) is 17.0. The predicted octanol–water partition coefficient (Wildman–Crippen LogP) is 4.07. The monoisotopic (exact) mass is 280 g/mol. The predicted molar refractivity (Wildman–Crippen MR) is 85.8 cm³/mol. The van der Waals surface area contributed by atoms with Gasteiger partial charge < -0.3 is 10.2 Å². The van der Waals surface area contributed by atoms with Crippen LogP contribution in [0, 0.1) is 11.2 Å². The van der Waals surface area contributed by atoms with E-state index in [0.717, 1.165) is 19.5 Å². The minimum absolute atomic E-state index is 0.104. The Hall–Kier alpha value is -1.09. The second kappa shape index (κ2) is 6.57. The van der Waals surface area contributed by atoms with E-state index in [1.165, 1.54) is 6.07 Å². The van der Waals surface area contributed by atoms with Gasteiger partial charge in [-0.1, -0.05) is 26.0 Å². The number of nitrogens with zero attached hydrogens (tertiary/aromatic N) is 1. The molecule has 1 atom stereocenters. The molecular weight excluding hydrogens is 251 g/mol. The average molecular weight is 280 g/mol. The van der Waals surface area contributed by atoms with Crippen LogP contribution in [0.5, 0.6) is 0 Å². The molecule has 3 heteroatoms. The Morgan fingerprint density at radius 3 is 2.25 bits per heavy atom. The Balaban J connectivity index is 2.74. The minimum atomic E-state index is -0.155. The van der Waals surface area contributed by atoms with Gasteiger partial charge >= 0.3 is 0 Å². The van der Waals surface area contributed by atoms with Gasteiger partial charge in [0.15, 0.2) is 0 Å². The van der Waals surface area contributed by atoms with Crippen LogP contribution < -0.4 is 10.2 Å². The maximum Gasteiger partial charge on any atom is 0.146 e. The number of para-hydroxylation sites is 1. The Kier molecular flexibility index (Phi) is 5.58. The van der Waals surface area contributed by atoms with Gasteiger partial charge in [-0.25, -0.2) is 4.39 Å². The fraction of sp³-hybridized carbons (Fsp3) is 0.647. The highest BCUT2D eigenvalue weighted by atomic mass is 19.1. The molecule has 0 aliphatic heterocycles. The summed E-state index contributed by atoms with van der Waals surface area (Å²) in [5.41, 5.74) is 0.889. The molecule has 1 unspecified atom stereocenters. The third-order valence-corrected chi connectivity index (χ3v) is 3.78. The second-order valence-corrected chi connectivity index (χ2v) is 7.08. The van der Waals surface area contributed by atoms with E-state index < -0.39 is 0 Å². The molecule has 1 N–H and O–H groups in total. The van der Waals surface area contributed by atoms with E-state index in [9.17, 15) is 4.39 Å². The normalized spacial score (nSPS) is 14.9. The molecule has 1 aromatic rings. The highest BCUT2D eigenvalue weighted by Gasteiger charge is 2.26. The van der Waals surface area contributed by atoms with Crippen LogP contribution in [-0.2, 0) is 0 Å². The molecule has 1 aromatic carbocycles. The minimum Gasteiger partial charge on any atom is -0.372 e. The van der Waals surface area contributed by atoms with Crippen molar-refractivity contribution in [1.82, 2.24) is 5.32 Å². The molecule has 114 valence electrons. The number of benzene rings is 1. The lowest BCUT2D eigenvalue weighted by Gasteiger charge is -2.37. The third kappa shape index (κ3) is 5.12. The van der Waals surface area contributed by atoms with Crippen molar-refractivity contribution in [2.75, 3.05) is 25.0 Å². The van der Waals surface area contributed by atoms with Gasteiger partial charge in [0.25, 0.3) is 0 Å². The number of hydrogen-bond acceptors (Lipinski definition) is 2. The van der Waals surface area contributed by atoms with Crippen LogP contribution in [0.2, 0.25) is 0 Å². The summed E-state index contributed by atoms with van der Waals surface area (Å²) in [5.74, 6) is -0.155. The van der Waals surface area contributed by atoms with Crippen molar-refractivity contribution >= 4 is 5.69 Å². The molecule has 0 radical (unpaired) electrons. The molecule has 0 aliphatic rings. The van der Waals surface area contributed by atoms with Crippen molar-refractivity contribution in [2.45, 2.75) is 46.6 Å². The van der Waals surface area contributed by atoms with Crippen molar-refractivity contribution in [3.63, 3.8) is 0 Å². The number of nitrogens with one attached hydrogen (secondary N) is 1. The molecule has 0 bridgehead atoms. The van der Waals surface area contributed by atoms with Crippen LogP contribution in [0.15, 0.2) is 24.3 Å². The van der Waals surface area contributed by atoms with E-state index >= 15 is 0 Å². The zero-order valence-corrected chi connectivity index (χ0v) is 13.8. The summed E-state index contributed by atoms with van der Waals surface area (Å²) in [7, 11) is 1.96. The first-order chi connectivity index (χ1) is 9.17. The highest BCUT2D eigenvalue weighted by molar-refractivity contribution is 5.46. The summed E-state index contributed by atoms with van der Waals surface area (Å²) >= 11 is 0. The van der Waals surface area contributed by atoms with Crippen LogP contribution in [0.3, 0.4) is 0 Å². The first-order valence-electron chi connectivity index (χ1n) is 7.37. The van der Waals surface area contributed by atoms with E-state index in [2.05, 4.69) is 39.9 Å². The summed E-state index contributed by atoms with van der Waals surface area (Å²) in [6, 6.07) is 6.96. The van der Waals surface area contributed by atoms with Gasteiger partial charge in [0.05, 0.1) is 5.69 Å². The largest absolute Gasteiger partial charge is 0.372 e. The van der Waals surface area contributed by atoms with Crippen molar-refractivity contribution in [1.29, 1.82) is 0 Å². The zero-order valence-electron chi connectivity index (χ0n) is 13.8. The number of rotatable bonds is 6. The van der Waals surface area contributed by atoms with Crippen molar-refractivity contribution in [3.05, 3.63) is 30.1 Å². The lowest BCUT2D eigenvalue weighted by Crippen LogP contribution is -2.47. The van der Waals surface area contributed by atoms with Crippen LogP contribution in [0.1, 0.15) is 41.0 Å². The third-order valence-electron chi connectivity index (χ3n) is 3.78. The second-order valence-electron chi connectivity index (χ2n) is 7.08. The van der Waals surface area contributed by atoms with Crippen LogP contribution >= 0.6 is 0 Å². The number of hydrogen-bond donors (Lipinski definition) is 1. The van der Waals surface area contributed by atoms with Crippen LogP contribution in [0.4, 0.5) is 10.1 Å². The molecular formula is C17H29FN2. The summed E-state index contributed by atoms with van der Waals surface area (Å²) < 4.78 is 13.8. The molecule has 0 aliphatic carbocycles. The number of anilines is 1. The van der Waals surface area contributed by atoms with Crippen molar-refractivity contribution in [3.8, 4) is 0 Å². The number of halogens is 1. The quantitative estimate of drug-likeness (QED) is 0.845. The summed E-state index contributed by atoms with van der Waals surface area (Å²) in [6.45, 7) is 12.7. The van der Waals surface area contributed by atoms with E-state index in [1.807, 2.05) is 24.1 Å². The van der Waals surface area contributed by atoms with Crippen LogP contribution in [-0.4, -0.2) is 25.7 Å². The summed E-state index contributed by atoms with van der Waals surface area (Å²) in [5, 5.41) is 3.56. The molecule has 0 saturated heterocycles. The van der Waals surface area contributed by atoms with Crippen molar-refractivity contribution < 1.29 is 4.39 Å². The maximum atomic E-state index is 13.8. The van der Waals surface area contributed by atoms with Crippen LogP contribution in [0.25, 0.3) is 0 Å². The smallest absolute Gasteiger partial charge is 0.146 e. The maximum absolute atomic E-state index is 13.8. The SMILES string of the molecule is CCC(C)(CNC(C)(C)C)CN(C)c1ccccc1F. The van der Waals surface area contributed by atoms with Gasteiger partial charge in [0.2, 0.25) is 0 Å². The van der Waals surface area contributed by atoms with E-state index in [0.29, 0.717) is 5.69 Å². The molecule has 0 fully saturated rings. The molecule has 20 heavy (non-hydrogen) atoms. The summed E-state index contributed by atoms with van der Waals surface area (Å²) in [6.07, 6.45) is 1.05. The van der Waals surface area contributed by atoms with Gasteiger partial charge in [-0.05, 0) is 44.7 Å². The molecule has 0 spiro atoms. The first-order valence-corrected chi connectivity index (χ1v) is 7.37. The van der Waals surface area contributed by atoms with E-state index in [-0.39, 0.29) is 16.8 Å². The Bertz CT molecular complexity index is 425. The van der Waals surface area contributed by atoms with E-state index in [4.69, 9.17) is 0 Å². The zero-order chi connectivity index (χ0) is 15.4.